The molecule has 8 aromatic carbocycles. The Kier molecular flexibility index (Phi) is 6.14. The van der Waals surface area contributed by atoms with E-state index < -0.39 is 0 Å². The Bertz CT molecular complexity index is 2490. The van der Waals surface area contributed by atoms with E-state index in [0.717, 1.165) is 11.4 Å². The van der Waals surface area contributed by atoms with Gasteiger partial charge in [0.05, 0.1) is 5.69 Å². The van der Waals surface area contributed by atoms with Gasteiger partial charge in [0.15, 0.2) is 0 Å². The van der Waals surface area contributed by atoms with Crippen molar-refractivity contribution >= 4 is 49.4 Å². The zero-order chi connectivity index (χ0) is 31.7. The maximum Gasteiger partial charge on any atom is 0.0546 e. The molecule has 0 radical (unpaired) electrons. The molecule has 0 saturated heterocycles. The average Bonchev–Trinajstić information content (AvgIpc) is 3.32. The third kappa shape index (κ3) is 4.31. The van der Waals surface area contributed by atoms with Gasteiger partial charge in [-0.1, -0.05) is 135 Å². The Morgan fingerprint density at radius 3 is 1.79 bits per heavy atom. The molecule has 1 aliphatic rings. The second-order valence-electron chi connectivity index (χ2n) is 13.5. The van der Waals surface area contributed by atoms with Crippen LogP contribution in [0.2, 0.25) is 0 Å². The topological polar surface area (TPSA) is 3.24 Å². The molecule has 1 heteroatoms. The van der Waals surface area contributed by atoms with Crippen LogP contribution in [-0.4, -0.2) is 0 Å². The van der Waals surface area contributed by atoms with Gasteiger partial charge < -0.3 is 4.90 Å². The van der Waals surface area contributed by atoms with E-state index in [4.69, 9.17) is 0 Å². The molecule has 0 aliphatic heterocycles. The molecule has 0 fully saturated rings. The molecular formula is C46H35N. The van der Waals surface area contributed by atoms with E-state index in [2.05, 4.69) is 183 Å². The first-order valence-electron chi connectivity index (χ1n) is 16.5. The van der Waals surface area contributed by atoms with Gasteiger partial charge in [0.1, 0.15) is 0 Å². The summed E-state index contributed by atoms with van der Waals surface area (Å²) in [5, 5.41) is 7.56. The zero-order valence-electron chi connectivity index (χ0n) is 27.0. The zero-order valence-corrected chi connectivity index (χ0v) is 27.0. The summed E-state index contributed by atoms with van der Waals surface area (Å²) in [6.45, 7) is 6.89. The highest BCUT2D eigenvalue weighted by molar-refractivity contribution is 6.11. The molecule has 0 spiro atoms. The first-order chi connectivity index (χ1) is 23.0. The van der Waals surface area contributed by atoms with Crippen molar-refractivity contribution in [2.24, 2.45) is 0 Å². The van der Waals surface area contributed by atoms with Crippen LogP contribution in [0.3, 0.4) is 0 Å². The summed E-state index contributed by atoms with van der Waals surface area (Å²) in [4.78, 5) is 2.47. The van der Waals surface area contributed by atoms with Crippen molar-refractivity contribution in [3.63, 3.8) is 0 Å². The average molecular weight is 602 g/mol. The molecular weight excluding hydrogens is 567 g/mol. The van der Waals surface area contributed by atoms with Crippen LogP contribution in [0.15, 0.2) is 158 Å². The normalized spacial score (nSPS) is 13.2. The van der Waals surface area contributed by atoms with Gasteiger partial charge in [-0.3, -0.25) is 0 Å². The SMILES string of the molecule is Cc1ccc(N(c2ccc3c(c2)-c2cc4ccccc4cc2C3(C)C)c2ccc3ccccc3c2-c2cccc3ccccc23)cc1. The monoisotopic (exact) mass is 601 g/mol. The van der Waals surface area contributed by atoms with Gasteiger partial charge in [-0.25, -0.2) is 0 Å². The maximum absolute atomic E-state index is 2.47. The third-order valence-electron chi connectivity index (χ3n) is 10.3. The van der Waals surface area contributed by atoms with E-state index in [9.17, 15) is 0 Å². The molecule has 9 rings (SSSR count). The van der Waals surface area contributed by atoms with Crippen LogP contribution in [0.25, 0.3) is 54.6 Å². The smallest absolute Gasteiger partial charge is 0.0546 e. The molecule has 224 valence electrons. The number of rotatable bonds is 4. The van der Waals surface area contributed by atoms with Crippen LogP contribution in [0.1, 0.15) is 30.5 Å². The fourth-order valence-corrected chi connectivity index (χ4v) is 7.86. The van der Waals surface area contributed by atoms with E-state index >= 15 is 0 Å². The number of benzene rings is 8. The summed E-state index contributed by atoms with van der Waals surface area (Å²) in [6, 6.07) is 58.5. The number of hydrogen-bond donors (Lipinski definition) is 0. The lowest BCUT2D eigenvalue weighted by atomic mass is 9.82. The quantitative estimate of drug-likeness (QED) is 0.194. The molecule has 1 aliphatic carbocycles. The van der Waals surface area contributed by atoms with Crippen molar-refractivity contribution in [1.29, 1.82) is 0 Å². The Labute approximate surface area is 276 Å². The van der Waals surface area contributed by atoms with Crippen molar-refractivity contribution in [3.8, 4) is 22.3 Å². The minimum absolute atomic E-state index is 0.0843. The number of nitrogens with zero attached hydrogens (tertiary/aromatic N) is 1. The Morgan fingerprint density at radius 1 is 0.426 bits per heavy atom. The van der Waals surface area contributed by atoms with Gasteiger partial charge in [0, 0.05) is 22.4 Å². The summed E-state index contributed by atoms with van der Waals surface area (Å²) >= 11 is 0. The lowest BCUT2D eigenvalue weighted by Gasteiger charge is -2.30. The summed E-state index contributed by atoms with van der Waals surface area (Å²) in [5.41, 5.74) is 12.5. The summed E-state index contributed by atoms with van der Waals surface area (Å²) in [7, 11) is 0. The highest BCUT2D eigenvalue weighted by Gasteiger charge is 2.36. The number of aryl methyl sites for hydroxylation is 1. The molecule has 47 heavy (non-hydrogen) atoms. The largest absolute Gasteiger partial charge is 0.310 e. The Hall–Kier alpha value is -5.66. The molecule has 0 saturated carbocycles. The van der Waals surface area contributed by atoms with E-state index in [1.807, 2.05) is 0 Å². The van der Waals surface area contributed by atoms with Crippen LogP contribution in [0.5, 0.6) is 0 Å². The Morgan fingerprint density at radius 2 is 1.02 bits per heavy atom. The van der Waals surface area contributed by atoms with Gasteiger partial charge in [0.25, 0.3) is 0 Å². The fraction of sp³-hybridized carbons (Fsp3) is 0.0870. The minimum atomic E-state index is -0.0843. The molecule has 0 aromatic heterocycles. The second-order valence-corrected chi connectivity index (χ2v) is 13.5. The number of anilines is 3. The molecule has 0 amide bonds. The van der Waals surface area contributed by atoms with E-state index in [-0.39, 0.29) is 5.41 Å². The minimum Gasteiger partial charge on any atom is -0.310 e. The van der Waals surface area contributed by atoms with Crippen molar-refractivity contribution in [1.82, 2.24) is 0 Å². The Balaban J connectivity index is 1.34. The molecule has 1 nitrogen and oxygen atoms in total. The van der Waals surface area contributed by atoms with Crippen LogP contribution < -0.4 is 4.90 Å². The summed E-state index contributed by atoms with van der Waals surface area (Å²) in [6.07, 6.45) is 0. The van der Waals surface area contributed by atoms with Gasteiger partial charge in [0.2, 0.25) is 0 Å². The third-order valence-corrected chi connectivity index (χ3v) is 10.3. The first kappa shape index (κ1) is 27.6. The molecule has 0 heterocycles. The van der Waals surface area contributed by atoms with Crippen LogP contribution >= 0.6 is 0 Å². The first-order valence-corrected chi connectivity index (χ1v) is 16.5. The van der Waals surface area contributed by atoms with Crippen LogP contribution in [0, 0.1) is 6.92 Å². The van der Waals surface area contributed by atoms with E-state index in [0.29, 0.717) is 0 Å². The lowest BCUT2D eigenvalue weighted by Crippen LogP contribution is -2.15. The second kappa shape index (κ2) is 10.4. The molecule has 0 bridgehead atoms. The van der Waals surface area contributed by atoms with Gasteiger partial charge in [-0.05, 0) is 110 Å². The fourth-order valence-electron chi connectivity index (χ4n) is 7.86. The number of fused-ring (bicyclic) bond motifs is 6. The predicted octanol–water partition coefficient (Wildman–Crippen LogP) is 12.9. The molecule has 8 aromatic rings. The number of hydrogen-bond acceptors (Lipinski definition) is 1. The standard InChI is InChI=1S/C46H35N/c1-30-19-22-35(23-20-30)47(36-24-25-42-41(29-36)40-27-33-13-4-5-14-34(33)28-43(40)46(42,2)3)44-26-21-32-12-7-9-17-38(32)45(44)39-18-10-15-31-11-6-8-16-37(31)39/h4-29H,1-3H3. The predicted molar refractivity (Wildman–Crippen MR) is 201 cm³/mol. The molecule has 0 N–H and O–H groups in total. The highest BCUT2D eigenvalue weighted by Crippen LogP contribution is 2.53. The van der Waals surface area contributed by atoms with Crippen molar-refractivity contribution in [2.75, 3.05) is 4.90 Å². The molecule has 0 unspecified atom stereocenters. The van der Waals surface area contributed by atoms with Gasteiger partial charge in [-0.15, -0.1) is 0 Å². The van der Waals surface area contributed by atoms with Crippen LogP contribution in [-0.2, 0) is 5.41 Å². The van der Waals surface area contributed by atoms with Gasteiger partial charge in [-0.2, -0.15) is 0 Å². The summed E-state index contributed by atoms with van der Waals surface area (Å²) < 4.78 is 0. The van der Waals surface area contributed by atoms with Crippen molar-refractivity contribution in [3.05, 3.63) is 174 Å². The van der Waals surface area contributed by atoms with Crippen molar-refractivity contribution < 1.29 is 0 Å². The van der Waals surface area contributed by atoms with Crippen LogP contribution in [0.4, 0.5) is 17.1 Å². The van der Waals surface area contributed by atoms with E-state index in [1.165, 1.54) is 76.9 Å². The van der Waals surface area contributed by atoms with Crippen molar-refractivity contribution in [2.45, 2.75) is 26.2 Å². The lowest BCUT2D eigenvalue weighted by molar-refractivity contribution is 0.661. The maximum atomic E-state index is 2.47. The van der Waals surface area contributed by atoms with Gasteiger partial charge >= 0.3 is 0 Å². The molecule has 0 atom stereocenters. The highest BCUT2D eigenvalue weighted by atomic mass is 15.1. The van der Waals surface area contributed by atoms with E-state index in [1.54, 1.807) is 0 Å². The summed E-state index contributed by atoms with van der Waals surface area (Å²) in [5.74, 6) is 0.